The molecule has 0 heterocycles. The van der Waals surface area contributed by atoms with Crippen LogP contribution in [0.1, 0.15) is 32.8 Å². The van der Waals surface area contributed by atoms with Crippen molar-refractivity contribution in [2.75, 3.05) is 7.11 Å². The van der Waals surface area contributed by atoms with Crippen LogP contribution in [-0.4, -0.2) is 38.6 Å². The molecule has 0 fully saturated rings. The minimum absolute atomic E-state index is 0.00297. The van der Waals surface area contributed by atoms with E-state index in [9.17, 15) is 23.1 Å². The molecular weight excluding hydrogens is 348 g/mol. The first-order valence-electron chi connectivity index (χ1n) is 7.73. The summed E-state index contributed by atoms with van der Waals surface area (Å²) in [6.07, 6.45) is 0.155. The summed E-state index contributed by atoms with van der Waals surface area (Å²) in [6.45, 7) is 5.11. The molecule has 1 aromatic rings. The molecule has 1 rings (SSSR count). The molecule has 1 atom stereocenters. The number of hydrogen-bond donors (Lipinski definition) is 3. The van der Waals surface area contributed by atoms with E-state index in [4.69, 9.17) is 4.74 Å². The van der Waals surface area contributed by atoms with Gasteiger partial charge in [-0.15, -0.1) is 0 Å². The summed E-state index contributed by atoms with van der Waals surface area (Å²) in [4.78, 5) is 22.2. The molecule has 0 aliphatic heterocycles. The van der Waals surface area contributed by atoms with Gasteiger partial charge in [0.2, 0.25) is 15.9 Å². The molecular formula is C16H24N2O6S. The van der Waals surface area contributed by atoms with E-state index in [-0.39, 0.29) is 35.4 Å². The third kappa shape index (κ3) is 6.35. The lowest BCUT2D eigenvalue weighted by molar-refractivity contribution is -0.139. The van der Waals surface area contributed by atoms with E-state index in [2.05, 4.69) is 10.0 Å². The number of rotatable bonds is 9. The molecule has 0 bridgehead atoms. The minimum Gasteiger partial charge on any atom is -0.495 e. The lowest BCUT2D eigenvalue weighted by Crippen LogP contribution is -2.41. The first-order valence-corrected chi connectivity index (χ1v) is 9.21. The van der Waals surface area contributed by atoms with E-state index in [1.165, 1.54) is 26.2 Å². The number of hydrogen-bond acceptors (Lipinski definition) is 5. The fourth-order valence-electron chi connectivity index (χ4n) is 2.19. The van der Waals surface area contributed by atoms with Crippen molar-refractivity contribution in [2.24, 2.45) is 5.92 Å². The van der Waals surface area contributed by atoms with E-state index in [0.717, 1.165) is 0 Å². The molecule has 1 amide bonds. The van der Waals surface area contributed by atoms with E-state index >= 15 is 0 Å². The average Bonchev–Trinajstić information content (AvgIpc) is 2.51. The average molecular weight is 372 g/mol. The maximum atomic E-state index is 12.7. The van der Waals surface area contributed by atoms with Crippen LogP contribution in [0.5, 0.6) is 5.75 Å². The molecule has 8 nitrogen and oxygen atoms in total. The number of carbonyl (C=O) groups is 2. The first kappa shape index (κ1) is 20.9. The molecule has 0 saturated carbocycles. The smallest absolute Gasteiger partial charge is 0.321 e. The highest BCUT2D eigenvalue weighted by molar-refractivity contribution is 7.89. The summed E-state index contributed by atoms with van der Waals surface area (Å²) in [6, 6.07) is 3.19. The van der Waals surface area contributed by atoms with Crippen molar-refractivity contribution in [3.8, 4) is 5.75 Å². The number of benzene rings is 1. The van der Waals surface area contributed by atoms with E-state index in [1.54, 1.807) is 19.9 Å². The van der Waals surface area contributed by atoms with Crippen molar-refractivity contribution in [3.63, 3.8) is 0 Å². The Morgan fingerprint density at radius 1 is 1.28 bits per heavy atom. The molecule has 0 aliphatic rings. The molecule has 0 spiro atoms. The van der Waals surface area contributed by atoms with Gasteiger partial charge in [0.25, 0.3) is 0 Å². The normalized spacial score (nSPS) is 12.7. The zero-order valence-corrected chi connectivity index (χ0v) is 15.5. The van der Waals surface area contributed by atoms with Crippen LogP contribution < -0.4 is 14.8 Å². The Kier molecular flexibility index (Phi) is 7.38. The third-order valence-corrected chi connectivity index (χ3v) is 4.85. The number of amides is 1. The summed E-state index contributed by atoms with van der Waals surface area (Å²) >= 11 is 0. The fraction of sp³-hybridized carbons (Fsp3) is 0.500. The summed E-state index contributed by atoms with van der Waals surface area (Å²) in [7, 11) is -2.80. The second-order valence-corrected chi connectivity index (χ2v) is 7.72. The predicted octanol–water partition coefficient (Wildman–Crippen LogP) is 1.11. The summed E-state index contributed by atoms with van der Waals surface area (Å²) in [5, 5.41) is 11.8. The van der Waals surface area contributed by atoms with Gasteiger partial charge in [0.15, 0.2) is 0 Å². The number of nitrogens with one attached hydrogen (secondary N) is 2. The van der Waals surface area contributed by atoms with Gasteiger partial charge in [-0.25, -0.2) is 8.42 Å². The van der Waals surface area contributed by atoms with E-state index < -0.39 is 22.0 Å². The van der Waals surface area contributed by atoms with Crippen LogP contribution in [-0.2, 0) is 26.2 Å². The first-order chi connectivity index (χ1) is 11.6. The summed E-state index contributed by atoms with van der Waals surface area (Å²) < 4.78 is 32.6. The van der Waals surface area contributed by atoms with Crippen LogP contribution in [0.3, 0.4) is 0 Å². The van der Waals surface area contributed by atoms with Crippen LogP contribution >= 0.6 is 0 Å². The molecule has 3 N–H and O–H groups in total. The SMILES string of the molecule is COc1ccc(CNC(C)=O)cc1S(=O)(=O)N[C@H](CC(C)C)C(=O)O. The van der Waals surface area contributed by atoms with Crippen molar-refractivity contribution in [1.82, 2.24) is 10.0 Å². The molecule has 0 aromatic heterocycles. The molecule has 9 heteroatoms. The van der Waals surface area contributed by atoms with Gasteiger partial charge in [-0.2, -0.15) is 4.72 Å². The number of carbonyl (C=O) groups excluding carboxylic acids is 1. The Morgan fingerprint density at radius 2 is 1.92 bits per heavy atom. The number of carboxylic acid groups (broad SMARTS) is 1. The Morgan fingerprint density at radius 3 is 2.40 bits per heavy atom. The molecule has 0 unspecified atom stereocenters. The quantitative estimate of drug-likeness (QED) is 0.597. The molecule has 140 valence electrons. The second kappa shape index (κ2) is 8.82. The summed E-state index contributed by atoms with van der Waals surface area (Å²) in [5.74, 6) is -1.41. The maximum absolute atomic E-state index is 12.7. The number of aliphatic carboxylic acids is 1. The third-order valence-electron chi connectivity index (χ3n) is 3.36. The van der Waals surface area contributed by atoms with Gasteiger partial charge in [-0.05, 0) is 30.0 Å². The highest BCUT2D eigenvalue weighted by atomic mass is 32.2. The van der Waals surface area contributed by atoms with Gasteiger partial charge in [-0.3, -0.25) is 9.59 Å². The van der Waals surface area contributed by atoms with Gasteiger partial charge < -0.3 is 15.2 Å². The van der Waals surface area contributed by atoms with Gasteiger partial charge >= 0.3 is 5.97 Å². The van der Waals surface area contributed by atoms with Crippen molar-refractivity contribution in [3.05, 3.63) is 23.8 Å². The van der Waals surface area contributed by atoms with Crippen LogP contribution in [0.25, 0.3) is 0 Å². The Hall–Kier alpha value is -2.13. The Bertz CT molecular complexity index is 730. The Balaban J connectivity index is 3.18. The van der Waals surface area contributed by atoms with Crippen LogP contribution in [0.15, 0.2) is 23.1 Å². The van der Waals surface area contributed by atoms with E-state index in [1.807, 2.05) is 0 Å². The van der Waals surface area contributed by atoms with Crippen LogP contribution in [0.4, 0.5) is 0 Å². The Labute approximate surface area is 147 Å². The zero-order valence-electron chi connectivity index (χ0n) is 14.7. The molecule has 0 saturated heterocycles. The molecule has 25 heavy (non-hydrogen) atoms. The van der Waals surface area contributed by atoms with Gasteiger partial charge in [0.05, 0.1) is 7.11 Å². The van der Waals surface area contributed by atoms with Crippen molar-refractivity contribution in [1.29, 1.82) is 0 Å². The molecule has 0 aliphatic carbocycles. The van der Waals surface area contributed by atoms with E-state index in [0.29, 0.717) is 5.56 Å². The largest absolute Gasteiger partial charge is 0.495 e. The fourth-order valence-corrected chi connectivity index (χ4v) is 3.61. The number of sulfonamides is 1. The van der Waals surface area contributed by atoms with Crippen molar-refractivity contribution in [2.45, 2.75) is 44.7 Å². The molecule has 0 radical (unpaired) electrons. The van der Waals surface area contributed by atoms with Gasteiger partial charge in [0.1, 0.15) is 16.7 Å². The van der Waals surface area contributed by atoms with Crippen molar-refractivity contribution < 1.29 is 27.9 Å². The predicted molar refractivity (Wildman–Crippen MR) is 91.7 cm³/mol. The van der Waals surface area contributed by atoms with Gasteiger partial charge in [0, 0.05) is 13.5 Å². The zero-order chi connectivity index (χ0) is 19.2. The maximum Gasteiger partial charge on any atom is 0.321 e. The minimum atomic E-state index is -4.12. The van der Waals surface area contributed by atoms with Crippen LogP contribution in [0, 0.1) is 5.92 Å². The lowest BCUT2D eigenvalue weighted by Gasteiger charge is -2.18. The second-order valence-electron chi connectivity index (χ2n) is 6.04. The standard InChI is InChI=1S/C16H24N2O6S/c1-10(2)7-13(16(20)21)18-25(22,23)15-8-12(9-17-11(3)19)5-6-14(15)24-4/h5-6,8,10,13,18H,7,9H2,1-4H3,(H,17,19)(H,20,21)/t13-/m1/s1. The van der Waals surface area contributed by atoms with Gasteiger partial charge in [-0.1, -0.05) is 19.9 Å². The molecule has 1 aromatic carbocycles. The lowest BCUT2D eigenvalue weighted by atomic mass is 10.1. The highest BCUT2D eigenvalue weighted by Crippen LogP contribution is 2.25. The highest BCUT2D eigenvalue weighted by Gasteiger charge is 2.28. The number of methoxy groups -OCH3 is 1. The van der Waals surface area contributed by atoms with Crippen molar-refractivity contribution >= 4 is 21.9 Å². The number of carboxylic acids is 1. The topological polar surface area (TPSA) is 122 Å². The number of ether oxygens (including phenoxy) is 1. The monoisotopic (exact) mass is 372 g/mol. The summed E-state index contributed by atoms with van der Waals surface area (Å²) in [5.41, 5.74) is 0.548. The van der Waals surface area contributed by atoms with Crippen LogP contribution in [0.2, 0.25) is 0 Å².